The Labute approximate surface area is 109 Å². The third kappa shape index (κ3) is 3.71. The van der Waals surface area contributed by atoms with Crippen molar-refractivity contribution in [3.63, 3.8) is 0 Å². The summed E-state index contributed by atoms with van der Waals surface area (Å²) in [4.78, 5) is 0. The van der Waals surface area contributed by atoms with Gasteiger partial charge in [-0.2, -0.15) is 0 Å². The van der Waals surface area contributed by atoms with Gasteiger partial charge in [0, 0.05) is 12.8 Å². The summed E-state index contributed by atoms with van der Waals surface area (Å²) in [6.45, 7) is 0.252. The van der Waals surface area contributed by atoms with Crippen molar-refractivity contribution < 1.29 is 9.84 Å². The molecule has 0 saturated carbocycles. The van der Waals surface area contributed by atoms with Crippen LogP contribution in [0.5, 0.6) is 5.75 Å². The van der Waals surface area contributed by atoms with E-state index in [4.69, 9.17) is 4.74 Å². The van der Waals surface area contributed by atoms with Crippen LogP contribution in [-0.4, -0.2) is 43.8 Å². The molecule has 0 radical (unpaired) electrons. The topological polar surface area (TPSA) is 73.1 Å². The van der Waals surface area contributed by atoms with Gasteiger partial charge in [-0.25, -0.2) is 4.68 Å². The number of hydrogen-bond acceptors (Lipinski definition) is 6. The van der Waals surface area contributed by atoms with E-state index in [2.05, 4.69) is 15.5 Å². The van der Waals surface area contributed by atoms with Gasteiger partial charge < -0.3 is 9.84 Å². The first-order chi connectivity index (χ1) is 8.75. The third-order valence-corrected chi connectivity index (χ3v) is 3.33. The lowest BCUT2D eigenvalue weighted by Gasteiger charge is -2.11. The molecule has 1 N–H and O–H groups in total. The fraction of sp³-hybridized carbons (Fsp3) is 0.364. The van der Waals surface area contributed by atoms with E-state index in [1.165, 1.54) is 11.8 Å². The lowest BCUT2D eigenvalue weighted by molar-refractivity contribution is 0.126. The number of nitrogens with zero attached hydrogens (tertiary/aromatic N) is 4. The number of aryl methyl sites for hydroxylation is 1. The Bertz CT molecular complexity index is 477. The summed E-state index contributed by atoms with van der Waals surface area (Å²) in [6.07, 6.45) is -0.563. The van der Waals surface area contributed by atoms with Crippen LogP contribution in [0.2, 0.25) is 0 Å². The largest absolute Gasteiger partial charge is 0.491 e. The molecule has 0 fully saturated rings. The molecule has 18 heavy (non-hydrogen) atoms. The van der Waals surface area contributed by atoms with Crippen LogP contribution in [0.25, 0.3) is 0 Å². The van der Waals surface area contributed by atoms with Gasteiger partial charge in [-0.15, -0.1) is 5.10 Å². The van der Waals surface area contributed by atoms with E-state index in [0.29, 0.717) is 10.9 Å². The van der Waals surface area contributed by atoms with E-state index in [0.717, 1.165) is 5.75 Å². The molecular weight excluding hydrogens is 252 g/mol. The molecule has 7 heteroatoms. The van der Waals surface area contributed by atoms with Gasteiger partial charge in [0.25, 0.3) is 0 Å². The average Bonchev–Trinajstić information content (AvgIpc) is 2.81. The second-order valence-electron chi connectivity index (χ2n) is 3.67. The van der Waals surface area contributed by atoms with Crippen molar-refractivity contribution in [3.8, 4) is 5.75 Å². The molecule has 6 nitrogen and oxygen atoms in total. The summed E-state index contributed by atoms with van der Waals surface area (Å²) in [7, 11) is 1.76. The van der Waals surface area contributed by atoms with Crippen LogP contribution < -0.4 is 4.74 Å². The van der Waals surface area contributed by atoms with Gasteiger partial charge in [-0.3, -0.25) is 0 Å². The Morgan fingerprint density at radius 1 is 1.39 bits per heavy atom. The molecule has 96 valence electrons. The highest BCUT2D eigenvalue weighted by Crippen LogP contribution is 2.14. The molecule has 1 atom stereocenters. The van der Waals surface area contributed by atoms with Crippen LogP contribution in [0.3, 0.4) is 0 Å². The molecule has 0 aliphatic rings. The number of aromatic nitrogens is 4. The van der Waals surface area contributed by atoms with E-state index in [1.54, 1.807) is 11.7 Å². The highest BCUT2D eigenvalue weighted by Gasteiger charge is 2.09. The lowest BCUT2D eigenvalue weighted by atomic mass is 10.3. The van der Waals surface area contributed by atoms with E-state index < -0.39 is 6.10 Å². The van der Waals surface area contributed by atoms with Crippen LogP contribution in [0.15, 0.2) is 35.5 Å². The minimum Gasteiger partial charge on any atom is -0.491 e. The summed E-state index contributed by atoms with van der Waals surface area (Å²) < 4.78 is 7.01. The maximum atomic E-state index is 9.78. The van der Waals surface area contributed by atoms with Gasteiger partial charge in [-0.05, 0) is 22.6 Å². The van der Waals surface area contributed by atoms with Crippen molar-refractivity contribution in [3.05, 3.63) is 30.3 Å². The summed E-state index contributed by atoms with van der Waals surface area (Å²) in [5.41, 5.74) is 0. The van der Waals surface area contributed by atoms with Crippen molar-refractivity contribution in [2.24, 2.45) is 7.05 Å². The van der Waals surface area contributed by atoms with Gasteiger partial charge >= 0.3 is 0 Å². The first-order valence-corrected chi connectivity index (χ1v) is 6.45. The van der Waals surface area contributed by atoms with E-state index in [-0.39, 0.29) is 6.61 Å². The first kappa shape index (κ1) is 12.8. The fourth-order valence-corrected chi connectivity index (χ4v) is 2.03. The van der Waals surface area contributed by atoms with Gasteiger partial charge in [0.05, 0.1) is 6.10 Å². The second-order valence-corrected chi connectivity index (χ2v) is 4.66. The average molecular weight is 266 g/mol. The number of aliphatic hydroxyl groups excluding tert-OH is 1. The molecule has 2 rings (SSSR count). The number of para-hydroxylation sites is 1. The molecule has 1 aromatic carbocycles. The van der Waals surface area contributed by atoms with Crippen molar-refractivity contribution >= 4 is 11.8 Å². The van der Waals surface area contributed by atoms with Crippen LogP contribution in [0, 0.1) is 0 Å². The predicted octanol–water partition coefficient (Wildman–Crippen LogP) is 0.742. The van der Waals surface area contributed by atoms with Crippen LogP contribution in [0.4, 0.5) is 0 Å². The molecular formula is C11H14N4O2S. The van der Waals surface area contributed by atoms with Gasteiger partial charge in [0.2, 0.25) is 5.16 Å². The molecule has 0 aliphatic heterocycles. The molecule has 0 aliphatic carbocycles. The Morgan fingerprint density at radius 2 is 2.17 bits per heavy atom. The van der Waals surface area contributed by atoms with E-state index in [9.17, 15) is 5.11 Å². The number of benzene rings is 1. The van der Waals surface area contributed by atoms with Crippen LogP contribution >= 0.6 is 11.8 Å². The van der Waals surface area contributed by atoms with E-state index >= 15 is 0 Å². The Balaban J connectivity index is 1.73. The highest BCUT2D eigenvalue weighted by molar-refractivity contribution is 7.99. The summed E-state index contributed by atoms with van der Waals surface area (Å²) in [5.74, 6) is 1.24. The molecule has 0 spiro atoms. The molecule has 2 aromatic rings. The third-order valence-electron chi connectivity index (χ3n) is 2.17. The highest BCUT2D eigenvalue weighted by atomic mass is 32.2. The van der Waals surface area contributed by atoms with Crippen molar-refractivity contribution in [1.82, 2.24) is 20.2 Å². The number of tetrazole rings is 1. The second kappa shape index (κ2) is 6.36. The summed E-state index contributed by atoms with van der Waals surface area (Å²) in [6, 6.07) is 9.41. The zero-order chi connectivity index (χ0) is 12.8. The van der Waals surface area contributed by atoms with Crippen molar-refractivity contribution in [2.75, 3.05) is 12.4 Å². The SMILES string of the molecule is Cn1nnnc1SCC(O)COc1ccccc1. The van der Waals surface area contributed by atoms with Gasteiger partial charge in [0.1, 0.15) is 12.4 Å². The summed E-state index contributed by atoms with van der Waals surface area (Å²) >= 11 is 1.39. The Kier molecular flexibility index (Phi) is 4.54. The van der Waals surface area contributed by atoms with Crippen LogP contribution in [-0.2, 0) is 7.05 Å². The molecule has 0 saturated heterocycles. The van der Waals surface area contributed by atoms with Crippen LogP contribution in [0.1, 0.15) is 0 Å². The normalized spacial score (nSPS) is 12.3. The first-order valence-electron chi connectivity index (χ1n) is 5.47. The molecule has 0 amide bonds. The zero-order valence-electron chi connectivity index (χ0n) is 9.93. The quantitative estimate of drug-likeness (QED) is 0.778. The number of ether oxygens (including phenoxy) is 1. The number of thioether (sulfide) groups is 1. The Hall–Kier alpha value is -1.60. The number of hydrogen-bond donors (Lipinski definition) is 1. The fourth-order valence-electron chi connectivity index (χ4n) is 1.27. The molecule has 1 aromatic heterocycles. The van der Waals surface area contributed by atoms with E-state index in [1.807, 2.05) is 30.3 Å². The molecule has 1 unspecified atom stereocenters. The maximum absolute atomic E-state index is 9.78. The van der Waals surface area contributed by atoms with Gasteiger partial charge in [-0.1, -0.05) is 30.0 Å². The smallest absolute Gasteiger partial charge is 0.209 e. The van der Waals surface area contributed by atoms with Crippen molar-refractivity contribution in [1.29, 1.82) is 0 Å². The number of aliphatic hydroxyl groups is 1. The minimum atomic E-state index is -0.563. The molecule has 0 bridgehead atoms. The standard InChI is InChI=1S/C11H14N4O2S/c1-15-11(12-13-14-15)18-8-9(16)7-17-10-5-3-2-4-6-10/h2-6,9,16H,7-8H2,1H3. The monoisotopic (exact) mass is 266 g/mol. The van der Waals surface area contributed by atoms with Gasteiger partial charge in [0.15, 0.2) is 0 Å². The predicted molar refractivity (Wildman–Crippen MR) is 67.5 cm³/mol. The molecule has 1 heterocycles. The zero-order valence-corrected chi connectivity index (χ0v) is 10.7. The number of rotatable bonds is 6. The van der Waals surface area contributed by atoms with Crippen molar-refractivity contribution in [2.45, 2.75) is 11.3 Å². The Morgan fingerprint density at radius 3 is 2.83 bits per heavy atom. The lowest BCUT2D eigenvalue weighted by Crippen LogP contribution is -2.20. The minimum absolute atomic E-state index is 0.252. The summed E-state index contributed by atoms with van der Waals surface area (Å²) in [5, 5.41) is 21.5. The maximum Gasteiger partial charge on any atom is 0.209 e.